The van der Waals surface area contributed by atoms with Gasteiger partial charge in [-0.1, -0.05) is 6.08 Å². The zero-order chi connectivity index (χ0) is 11.5. The molecule has 2 aliphatic heterocycles. The van der Waals surface area contributed by atoms with Crippen LogP contribution in [0.5, 0.6) is 0 Å². The van der Waals surface area contributed by atoms with Gasteiger partial charge < -0.3 is 9.64 Å². The first kappa shape index (κ1) is 10.0. The topological polar surface area (TPSA) is 46.6 Å². The average molecular weight is 221 g/mol. The third-order valence-electron chi connectivity index (χ3n) is 3.79. The molecule has 0 bridgehead atoms. The molecule has 0 saturated carbocycles. The van der Waals surface area contributed by atoms with Gasteiger partial charge >= 0.3 is 0 Å². The normalized spacial score (nSPS) is 40.1. The van der Waals surface area contributed by atoms with Crippen LogP contribution in [0.1, 0.15) is 20.3 Å². The van der Waals surface area contributed by atoms with E-state index in [1.165, 1.54) is 6.08 Å². The molecule has 1 amide bonds. The van der Waals surface area contributed by atoms with E-state index in [1.807, 2.05) is 18.7 Å². The van der Waals surface area contributed by atoms with Gasteiger partial charge in [-0.15, -0.1) is 0 Å². The molecule has 3 atom stereocenters. The molecule has 0 aromatic carbocycles. The van der Waals surface area contributed by atoms with Crippen molar-refractivity contribution < 1.29 is 14.3 Å². The minimum Gasteiger partial charge on any atom is -0.356 e. The molecule has 0 radical (unpaired) electrons. The molecule has 0 N–H and O–H groups in total. The summed E-state index contributed by atoms with van der Waals surface area (Å²) < 4.78 is 5.70. The summed E-state index contributed by atoms with van der Waals surface area (Å²) >= 11 is 0. The monoisotopic (exact) mass is 221 g/mol. The van der Waals surface area contributed by atoms with Gasteiger partial charge in [-0.05, 0) is 19.9 Å². The van der Waals surface area contributed by atoms with Crippen molar-refractivity contribution >= 4 is 11.7 Å². The highest BCUT2D eigenvalue weighted by atomic mass is 16.5. The molecule has 3 aliphatic rings. The Hall–Kier alpha value is -1.16. The molecule has 2 saturated heterocycles. The largest absolute Gasteiger partial charge is 0.356 e. The fraction of sp³-hybridized carbons (Fsp3) is 0.667. The number of ether oxygens (including phenoxy) is 1. The van der Waals surface area contributed by atoms with E-state index in [0.29, 0.717) is 13.0 Å². The van der Waals surface area contributed by atoms with E-state index < -0.39 is 0 Å². The van der Waals surface area contributed by atoms with E-state index in [9.17, 15) is 9.59 Å². The van der Waals surface area contributed by atoms with Gasteiger partial charge in [-0.3, -0.25) is 9.59 Å². The minimum absolute atomic E-state index is 0.0202. The Morgan fingerprint density at radius 2 is 2.19 bits per heavy atom. The molecule has 16 heavy (non-hydrogen) atoms. The lowest BCUT2D eigenvalue weighted by Gasteiger charge is -2.28. The van der Waals surface area contributed by atoms with Gasteiger partial charge in [-0.25, -0.2) is 0 Å². The Morgan fingerprint density at radius 1 is 1.44 bits per heavy atom. The Kier molecular flexibility index (Phi) is 1.84. The Labute approximate surface area is 94.2 Å². The fourth-order valence-corrected chi connectivity index (χ4v) is 3.00. The maximum Gasteiger partial charge on any atom is 0.232 e. The zero-order valence-electron chi connectivity index (χ0n) is 9.47. The number of amides is 1. The Balaban J connectivity index is 1.99. The standard InChI is InChI=1S/C12H15NO3/c1-12(2)6-16-11-9-5-7(14)3-4-8(9)10(15)13(11)12/h3-4,8-9,11H,5-6H2,1-2H3/t8-,9+,11+/m1/s1. The van der Waals surface area contributed by atoms with Crippen LogP contribution in [0.2, 0.25) is 0 Å². The molecule has 0 aromatic rings. The first-order valence-corrected chi connectivity index (χ1v) is 5.66. The number of ketones is 1. The predicted octanol–water partition coefficient (Wildman–Crippen LogP) is 0.725. The quantitative estimate of drug-likeness (QED) is 0.605. The second-order valence-corrected chi connectivity index (χ2v) is 5.44. The summed E-state index contributed by atoms with van der Waals surface area (Å²) in [5.74, 6) is 0.0829. The summed E-state index contributed by atoms with van der Waals surface area (Å²) in [6.45, 7) is 4.58. The van der Waals surface area contributed by atoms with Crippen LogP contribution in [0.3, 0.4) is 0 Å². The molecule has 2 fully saturated rings. The first-order chi connectivity index (χ1) is 7.50. The molecule has 0 unspecified atom stereocenters. The highest BCUT2D eigenvalue weighted by Gasteiger charge is 2.57. The number of hydrogen-bond donors (Lipinski definition) is 0. The molecule has 0 spiro atoms. The number of fused-ring (bicyclic) bond motifs is 3. The molecule has 3 rings (SSSR count). The lowest BCUT2D eigenvalue weighted by atomic mass is 9.85. The zero-order valence-corrected chi connectivity index (χ0v) is 9.47. The average Bonchev–Trinajstić information content (AvgIpc) is 2.66. The molecule has 1 aliphatic carbocycles. The van der Waals surface area contributed by atoms with Gasteiger partial charge in [0.2, 0.25) is 5.91 Å². The van der Waals surface area contributed by atoms with Crippen LogP contribution >= 0.6 is 0 Å². The van der Waals surface area contributed by atoms with Gasteiger partial charge in [0.05, 0.1) is 18.1 Å². The lowest BCUT2D eigenvalue weighted by molar-refractivity contribution is -0.134. The van der Waals surface area contributed by atoms with Crippen molar-refractivity contribution in [2.45, 2.75) is 32.0 Å². The molecular weight excluding hydrogens is 206 g/mol. The maximum atomic E-state index is 12.2. The van der Waals surface area contributed by atoms with Gasteiger partial charge in [0.1, 0.15) is 6.23 Å². The van der Waals surface area contributed by atoms with Crippen LogP contribution in [0.15, 0.2) is 12.2 Å². The summed E-state index contributed by atoms with van der Waals surface area (Å²) in [7, 11) is 0. The minimum atomic E-state index is -0.240. The molecular formula is C12H15NO3. The summed E-state index contributed by atoms with van der Waals surface area (Å²) in [6, 6.07) is 0. The van der Waals surface area contributed by atoms with Crippen molar-refractivity contribution in [1.82, 2.24) is 4.90 Å². The lowest BCUT2D eigenvalue weighted by Crippen LogP contribution is -2.44. The number of nitrogens with zero attached hydrogens (tertiary/aromatic N) is 1. The van der Waals surface area contributed by atoms with Crippen molar-refractivity contribution in [2.75, 3.05) is 6.61 Å². The van der Waals surface area contributed by atoms with Crippen LogP contribution in [0.25, 0.3) is 0 Å². The van der Waals surface area contributed by atoms with E-state index in [2.05, 4.69) is 0 Å². The SMILES string of the molecule is CC1(C)CO[C@H]2[C@H]3CC(=O)C=C[C@H]3C(=O)N21. The summed E-state index contributed by atoms with van der Waals surface area (Å²) in [4.78, 5) is 25.4. The van der Waals surface area contributed by atoms with E-state index in [-0.39, 0.29) is 35.3 Å². The molecule has 0 aromatic heterocycles. The van der Waals surface area contributed by atoms with E-state index in [0.717, 1.165) is 0 Å². The van der Waals surface area contributed by atoms with Crippen LogP contribution in [-0.2, 0) is 14.3 Å². The van der Waals surface area contributed by atoms with Crippen molar-refractivity contribution in [3.05, 3.63) is 12.2 Å². The van der Waals surface area contributed by atoms with Crippen molar-refractivity contribution in [1.29, 1.82) is 0 Å². The van der Waals surface area contributed by atoms with Crippen LogP contribution in [0.4, 0.5) is 0 Å². The van der Waals surface area contributed by atoms with Crippen LogP contribution in [-0.4, -0.2) is 35.0 Å². The van der Waals surface area contributed by atoms with E-state index >= 15 is 0 Å². The third kappa shape index (κ3) is 1.13. The summed E-state index contributed by atoms with van der Waals surface area (Å²) in [6.07, 6.45) is 3.52. The number of allylic oxidation sites excluding steroid dienone is 1. The Bertz CT molecular complexity index is 399. The van der Waals surface area contributed by atoms with Gasteiger partial charge in [0.15, 0.2) is 5.78 Å². The summed E-state index contributed by atoms with van der Waals surface area (Å²) in [5, 5.41) is 0. The van der Waals surface area contributed by atoms with E-state index in [1.54, 1.807) is 6.08 Å². The molecule has 4 nitrogen and oxygen atoms in total. The van der Waals surface area contributed by atoms with Gasteiger partial charge in [0, 0.05) is 12.3 Å². The summed E-state index contributed by atoms with van der Waals surface area (Å²) in [5.41, 5.74) is -0.240. The van der Waals surface area contributed by atoms with Crippen molar-refractivity contribution in [2.24, 2.45) is 11.8 Å². The highest BCUT2D eigenvalue weighted by Crippen LogP contribution is 2.44. The highest BCUT2D eigenvalue weighted by molar-refractivity contribution is 5.95. The van der Waals surface area contributed by atoms with Crippen LogP contribution < -0.4 is 0 Å². The Morgan fingerprint density at radius 3 is 2.94 bits per heavy atom. The van der Waals surface area contributed by atoms with Gasteiger partial charge in [-0.2, -0.15) is 0 Å². The smallest absolute Gasteiger partial charge is 0.232 e. The molecule has 86 valence electrons. The number of hydrogen-bond acceptors (Lipinski definition) is 3. The third-order valence-corrected chi connectivity index (χ3v) is 3.79. The van der Waals surface area contributed by atoms with Crippen LogP contribution in [0, 0.1) is 11.8 Å². The first-order valence-electron chi connectivity index (χ1n) is 5.66. The van der Waals surface area contributed by atoms with Crippen molar-refractivity contribution in [3.8, 4) is 0 Å². The predicted molar refractivity (Wildman–Crippen MR) is 56.4 cm³/mol. The van der Waals surface area contributed by atoms with Gasteiger partial charge in [0.25, 0.3) is 0 Å². The number of carbonyl (C=O) groups excluding carboxylic acids is 2. The molecule has 2 heterocycles. The number of rotatable bonds is 0. The molecule has 4 heteroatoms. The number of carbonyl (C=O) groups is 2. The second-order valence-electron chi connectivity index (χ2n) is 5.44. The second kappa shape index (κ2) is 2.94. The van der Waals surface area contributed by atoms with E-state index in [4.69, 9.17) is 4.74 Å². The maximum absolute atomic E-state index is 12.2. The fourth-order valence-electron chi connectivity index (χ4n) is 3.00. The van der Waals surface area contributed by atoms with Crippen molar-refractivity contribution in [3.63, 3.8) is 0 Å².